The lowest BCUT2D eigenvalue weighted by atomic mass is 9.99. The van der Waals surface area contributed by atoms with Crippen molar-refractivity contribution >= 4 is 22.9 Å². The molecular weight excluding hydrogens is 250 g/mol. The number of allylic oxidation sites excluding steroid dienone is 1. The van der Waals surface area contributed by atoms with E-state index in [0.717, 1.165) is 41.9 Å². The molecule has 0 spiro atoms. The van der Waals surface area contributed by atoms with Crippen LogP contribution in [0.15, 0.2) is 23.9 Å². The number of rotatable bonds is 1. The van der Waals surface area contributed by atoms with Crippen molar-refractivity contribution < 1.29 is 4.79 Å². The second kappa shape index (κ2) is 4.85. The van der Waals surface area contributed by atoms with Crippen LogP contribution in [0.1, 0.15) is 38.7 Å². The van der Waals surface area contributed by atoms with Crippen LogP contribution < -0.4 is 16.0 Å². The van der Waals surface area contributed by atoms with E-state index in [9.17, 15) is 4.79 Å². The highest BCUT2D eigenvalue weighted by molar-refractivity contribution is 6.33. The molecule has 2 aliphatic rings. The molecule has 4 nitrogen and oxygen atoms in total. The lowest BCUT2D eigenvalue weighted by Gasteiger charge is -2.22. The first-order chi connectivity index (χ1) is 9.59. The molecule has 3 rings (SSSR count). The van der Waals surface area contributed by atoms with Crippen molar-refractivity contribution in [3.05, 3.63) is 29.5 Å². The molecule has 0 radical (unpaired) electrons. The molecule has 2 aliphatic heterocycles. The van der Waals surface area contributed by atoms with Crippen LogP contribution in [0, 0.1) is 0 Å². The summed E-state index contributed by atoms with van der Waals surface area (Å²) in [4.78, 5) is 14.7. The van der Waals surface area contributed by atoms with Gasteiger partial charge in [0.25, 0.3) is 5.91 Å². The second-order valence-electron chi connectivity index (χ2n) is 5.78. The molecule has 0 saturated carbocycles. The number of nitrogens with two attached hydrogens (primary N) is 1. The predicted molar refractivity (Wildman–Crippen MR) is 82.3 cm³/mol. The monoisotopic (exact) mass is 271 g/mol. The van der Waals surface area contributed by atoms with Crippen molar-refractivity contribution in [1.82, 2.24) is 5.32 Å². The minimum Gasteiger partial charge on any atom is -0.399 e. The lowest BCUT2D eigenvalue weighted by molar-refractivity contribution is -0.113. The molecule has 0 bridgehead atoms. The molecule has 1 fully saturated rings. The summed E-state index contributed by atoms with van der Waals surface area (Å²) in [5.41, 5.74) is 10.5. The molecule has 4 heteroatoms. The minimum atomic E-state index is 0.102. The van der Waals surface area contributed by atoms with E-state index in [2.05, 4.69) is 5.32 Å². The van der Waals surface area contributed by atoms with Gasteiger partial charge in [0.1, 0.15) is 0 Å². The Morgan fingerprint density at radius 3 is 2.75 bits per heavy atom. The maximum atomic E-state index is 12.8. The van der Waals surface area contributed by atoms with Gasteiger partial charge in [0.15, 0.2) is 0 Å². The zero-order valence-corrected chi connectivity index (χ0v) is 12.1. The van der Waals surface area contributed by atoms with Crippen LogP contribution in [-0.2, 0) is 4.79 Å². The number of hydrogen-bond donors (Lipinski definition) is 2. The summed E-state index contributed by atoms with van der Waals surface area (Å²) in [6.45, 7) is 5.03. The fourth-order valence-corrected chi connectivity index (χ4v) is 3.08. The zero-order valence-electron chi connectivity index (χ0n) is 12.1. The van der Waals surface area contributed by atoms with E-state index >= 15 is 0 Å². The predicted octanol–water partition coefficient (Wildman–Crippen LogP) is 2.51. The van der Waals surface area contributed by atoms with E-state index in [1.807, 2.05) is 36.9 Å². The van der Waals surface area contributed by atoms with Gasteiger partial charge in [-0.3, -0.25) is 4.79 Å². The Hall–Kier alpha value is -1.97. The van der Waals surface area contributed by atoms with Crippen molar-refractivity contribution in [2.75, 3.05) is 17.2 Å². The summed E-state index contributed by atoms with van der Waals surface area (Å²) in [6.07, 6.45) is 3.25. The number of benzene rings is 1. The van der Waals surface area contributed by atoms with Gasteiger partial charge in [0, 0.05) is 29.5 Å². The van der Waals surface area contributed by atoms with E-state index in [1.54, 1.807) is 0 Å². The standard InChI is InChI=1S/C16H21N3O/c1-10(2)19-14-7-6-11(17)9-12(14)15(16(19)20)13-5-3-4-8-18-13/h6-7,9-10,18H,3-5,8,17H2,1-2H3/b15-13-. The first-order valence-corrected chi connectivity index (χ1v) is 7.30. The molecule has 20 heavy (non-hydrogen) atoms. The molecule has 0 aliphatic carbocycles. The summed E-state index contributed by atoms with van der Waals surface area (Å²) >= 11 is 0. The highest BCUT2D eigenvalue weighted by Gasteiger charge is 2.36. The van der Waals surface area contributed by atoms with Crippen molar-refractivity contribution in [1.29, 1.82) is 0 Å². The van der Waals surface area contributed by atoms with E-state index < -0.39 is 0 Å². The van der Waals surface area contributed by atoms with Gasteiger partial charge < -0.3 is 16.0 Å². The molecule has 1 aromatic rings. The Morgan fingerprint density at radius 2 is 2.10 bits per heavy atom. The van der Waals surface area contributed by atoms with Gasteiger partial charge in [-0.2, -0.15) is 0 Å². The topological polar surface area (TPSA) is 58.4 Å². The highest BCUT2D eigenvalue weighted by Crippen LogP contribution is 2.41. The normalized spacial score (nSPS) is 22.1. The van der Waals surface area contributed by atoms with Gasteiger partial charge in [-0.1, -0.05) is 0 Å². The molecule has 0 atom stereocenters. The number of piperidine rings is 1. The molecular formula is C16H21N3O. The molecule has 1 aromatic carbocycles. The van der Waals surface area contributed by atoms with E-state index in [-0.39, 0.29) is 11.9 Å². The maximum Gasteiger partial charge on any atom is 0.260 e. The number of carbonyl (C=O) groups excluding carboxylic acids is 1. The minimum absolute atomic E-state index is 0.102. The Bertz CT molecular complexity index is 581. The van der Waals surface area contributed by atoms with Crippen LogP contribution in [0.2, 0.25) is 0 Å². The fraction of sp³-hybridized carbons (Fsp3) is 0.438. The maximum absolute atomic E-state index is 12.8. The van der Waals surface area contributed by atoms with Gasteiger partial charge in [0.05, 0.1) is 11.3 Å². The largest absolute Gasteiger partial charge is 0.399 e. The molecule has 2 heterocycles. The van der Waals surface area contributed by atoms with Crippen molar-refractivity contribution in [2.24, 2.45) is 0 Å². The van der Waals surface area contributed by atoms with Crippen LogP contribution in [-0.4, -0.2) is 18.5 Å². The number of nitrogen functional groups attached to an aromatic ring is 1. The summed E-state index contributed by atoms with van der Waals surface area (Å²) in [6, 6.07) is 5.89. The average molecular weight is 271 g/mol. The number of fused-ring (bicyclic) bond motifs is 1. The third-order valence-electron chi connectivity index (χ3n) is 3.99. The SMILES string of the molecule is CC(C)N1C(=O)/C(=C2/CCCCN2)c2cc(N)ccc21. The number of carbonyl (C=O) groups is 1. The van der Waals surface area contributed by atoms with Gasteiger partial charge in [-0.05, 0) is 51.3 Å². The van der Waals surface area contributed by atoms with Crippen LogP contribution in [0.5, 0.6) is 0 Å². The zero-order chi connectivity index (χ0) is 14.3. The highest BCUT2D eigenvalue weighted by atomic mass is 16.2. The second-order valence-corrected chi connectivity index (χ2v) is 5.78. The number of amides is 1. The van der Waals surface area contributed by atoms with Crippen molar-refractivity contribution in [3.63, 3.8) is 0 Å². The van der Waals surface area contributed by atoms with Gasteiger partial charge in [0.2, 0.25) is 0 Å². The van der Waals surface area contributed by atoms with Crippen molar-refractivity contribution in [3.8, 4) is 0 Å². The molecule has 3 N–H and O–H groups in total. The fourth-order valence-electron chi connectivity index (χ4n) is 3.08. The smallest absolute Gasteiger partial charge is 0.260 e. The average Bonchev–Trinajstić information content (AvgIpc) is 2.71. The number of nitrogens with one attached hydrogen (secondary N) is 1. The Morgan fingerprint density at radius 1 is 1.30 bits per heavy atom. The summed E-state index contributed by atoms with van der Waals surface area (Å²) in [7, 11) is 0. The molecule has 106 valence electrons. The third-order valence-corrected chi connectivity index (χ3v) is 3.99. The van der Waals surface area contributed by atoms with E-state index in [0.29, 0.717) is 5.69 Å². The lowest BCUT2D eigenvalue weighted by Crippen LogP contribution is -2.34. The summed E-state index contributed by atoms with van der Waals surface area (Å²) < 4.78 is 0. The van der Waals surface area contributed by atoms with Crippen molar-refractivity contribution in [2.45, 2.75) is 39.2 Å². The third kappa shape index (κ3) is 1.96. The van der Waals surface area contributed by atoms with Gasteiger partial charge in [-0.25, -0.2) is 0 Å². The quantitative estimate of drug-likeness (QED) is 0.609. The molecule has 0 aromatic heterocycles. The van der Waals surface area contributed by atoms with Crippen LogP contribution in [0.25, 0.3) is 5.57 Å². The van der Waals surface area contributed by atoms with Gasteiger partial charge >= 0.3 is 0 Å². The molecule has 1 amide bonds. The van der Waals surface area contributed by atoms with Crippen LogP contribution in [0.4, 0.5) is 11.4 Å². The first kappa shape index (κ1) is 13.0. The van der Waals surface area contributed by atoms with Gasteiger partial charge in [-0.15, -0.1) is 0 Å². The van der Waals surface area contributed by atoms with E-state index in [1.165, 1.54) is 6.42 Å². The Balaban J connectivity index is 2.17. The first-order valence-electron chi connectivity index (χ1n) is 7.30. The van der Waals surface area contributed by atoms with Crippen LogP contribution >= 0.6 is 0 Å². The summed E-state index contributed by atoms with van der Waals surface area (Å²) in [5, 5.41) is 3.40. The van der Waals surface area contributed by atoms with Crippen LogP contribution in [0.3, 0.4) is 0 Å². The number of hydrogen-bond acceptors (Lipinski definition) is 3. The number of anilines is 2. The van der Waals surface area contributed by atoms with E-state index in [4.69, 9.17) is 5.73 Å². The molecule has 1 saturated heterocycles. The summed E-state index contributed by atoms with van der Waals surface area (Å²) in [5.74, 6) is 0.102. The Kier molecular flexibility index (Phi) is 3.16. The Labute approximate surface area is 119 Å². The molecule has 0 unspecified atom stereocenters. The number of nitrogens with zero attached hydrogens (tertiary/aromatic N) is 1.